The Morgan fingerprint density at radius 2 is 2.06 bits per heavy atom. The van der Waals surface area contributed by atoms with Crippen molar-refractivity contribution in [3.05, 3.63) is 0 Å². The molecule has 0 radical (unpaired) electrons. The molecule has 3 unspecified atom stereocenters. The van der Waals surface area contributed by atoms with Crippen LogP contribution in [0, 0.1) is 11.8 Å². The summed E-state index contributed by atoms with van der Waals surface area (Å²) in [5.41, 5.74) is 0. The lowest BCUT2D eigenvalue weighted by molar-refractivity contribution is -0.146. The van der Waals surface area contributed by atoms with Crippen LogP contribution in [0.5, 0.6) is 0 Å². The van der Waals surface area contributed by atoms with E-state index >= 15 is 0 Å². The van der Waals surface area contributed by atoms with Crippen molar-refractivity contribution in [3.63, 3.8) is 0 Å². The minimum atomic E-state index is -0.879. The Hall–Kier alpha value is -1.10. The number of carbonyl (C=O) groups is 2. The highest BCUT2D eigenvalue weighted by molar-refractivity contribution is 5.80. The minimum absolute atomic E-state index is 0.0427. The summed E-state index contributed by atoms with van der Waals surface area (Å²) in [6.45, 7) is 6.97. The van der Waals surface area contributed by atoms with E-state index in [1.54, 1.807) is 4.90 Å². The molecular formula is C13H23NO4. The molecule has 0 bridgehead atoms. The van der Waals surface area contributed by atoms with E-state index in [4.69, 9.17) is 9.84 Å². The largest absolute Gasteiger partial charge is 0.481 e. The van der Waals surface area contributed by atoms with Crippen LogP contribution in [-0.2, 0) is 14.3 Å². The van der Waals surface area contributed by atoms with Gasteiger partial charge < -0.3 is 14.7 Å². The van der Waals surface area contributed by atoms with E-state index in [-0.39, 0.29) is 24.5 Å². The van der Waals surface area contributed by atoms with Gasteiger partial charge in [0.15, 0.2) is 0 Å². The molecule has 0 saturated carbocycles. The Bertz CT molecular complexity index is 305. The van der Waals surface area contributed by atoms with Crippen molar-refractivity contribution in [2.24, 2.45) is 11.8 Å². The van der Waals surface area contributed by atoms with Gasteiger partial charge in [-0.05, 0) is 12.8 Å². The molecule has 1 saturated heterocycles. The van der Waals surface area contributed by atoms with Crippen LogP contribution in [0.25, 0.3) is 0 Å². The maximum atomic E-state index is 12.3. The third-order valence-corrected chi connectivity index (χ3v) is 3.55. The first-order valence-corrected chi connectivity index (χ1v) is 6.63. The van der Waals surface area contributed by atoms with Crippen LogP contribution in [0.15, 0.2) is 0 Å². The van der Waals surface area contributed by atoms with Crippen molar-refractivity contribution < 1.29 is 19.4 Å². The lowest BCUT2D eigenvalue weighted by atomic mass is 9.99. The zero-order valence-electron chi connectivity index (χ0n) is 11.4. The molecule has 5 heteroatoms. The third-order valence-electron chi connectivity index (χ3n) is 3.55. The van der Waals surface area contributed by atoms with Crippen LogP contribution >= 0.6 is 0 Å². The molecule has 104 valence electrons. The number of carboxylic acids is 1. The summed E-state index contributed by atoms with van der Waals surface area (Å²) in [6.07, 6.45) is 1.59. The Morgan fingerprint density at radius 1 is 1.39 bits per heavy atom. The maximum Gasteiger partial charge on any atom is 0.311 e. The minimum Gasteiger partial charge on any atom is -0.481 e. The predicted molar refractivity (Wildman–Crippen MR) is 67.2 cm³/mol. The Labute approximate surface area is 108 Å². The molecular weight excluding hydrogens is 234 g/mol. The zero-order chi connectivity index (χ0) is 13.7. The van der Waals surface area contributed by atoms with E-state index < -0.39 is 11.9 Å². The van der Waals surface area contributed by atoms with Gasteiger partial charge in [-0.2, -0.15) is 0 Å². The first-order valence-electron chi connectivity index (χ1n) is 6.63. The maximum absolute atomic E-state index is 12.3. The second-order valence-electron chi connectivity index (χ2n) is 4.89. The molecule has 0 spiro atoms. The molecule has 1 aliphatic heterocycles. The van der Waals surface area contributed by atoms with Crippen molar-refractivity contribution in [2.75, 3.05) is 19.8 Å². The Balaban J connectivity index is 2.83. The normalized spacial score (nSPS) is 24.8. The molecule has 1 amide bonds. The molecule has 5 nitrogen and oxygen atoms in total. The van der Waals surface area contributed by atoms with Gasteiger partial charge in [0.25, 0.3) is 0 Å². The summed E-state index contributed by atoms with van der Waals surface area (Å²) < 4.78 is 5.25. The van der Waals surface area contributed by atoms with E-state index in [2.05, 4.69) is 0 Å². The van der Waals surface area contributed by atoms with Crippen LogP contribution in [-0.4, -0.2) is 47.7 Å². The lowest BCUT2D eigenvalue weighted by Crippen LogP contribution is -2.48. The molecule has 0 aromatic heterocycles. The number of hydrogen-bond acceptors (Lipinski definition) is 3. The second-order valence-corrected chi connectivity index (χ2v) is 4.89. The van der Waals surface area contributed by atoms with Crippen molar-refractivity contribution >= 4 is 11.9 Å². The highest BCUT2D eigenvalue weighted by Crippen LogP contribution is 2.22. The highest BCUT2D eigenvalue weighted by Gasteiger charge is 2.40. The third kappa shape index (κ3) is 3.22. The fourth-order valence-corrected chi connectivity index (χ4v) is 2.22. The number of nitrogens with zero attached hydrogens (tertiary/aromatic N) is 1. The van der Waals surface area contributed by atoms with Gasteiger partial charge in [0.1, 0.15) is 5.92 Å². The molecule has 0 aromatic carbocycles. The van der Waals surface area contributed by atoms with E-state index in [1.165, 1.54) is 0 Å². The second kappa shape index (κ2) is 6.73. The highest BCUT2D eigenvalue weighted by atomic mass is 16.5. The predicted octanol–water partition coefficient (Wildman–Crippen LogP) is 1.37. The first kappa shape index (κ1) is 15.0. The average Bonchev–Trinajstić information content (AvgIpc) is 2.83. The van der Waals surface area contributed by atoms with Gasteiger partial charge in [-0.1, -0.05) is 20.8 Å². The van der Waals surface area contributed by atoms with Gasteiger partial charge in [-0.3, -0.25) is 9.59 Å². The van der Waals surface area contributed by atoms with Crippen LogP contribution in [0.4, 0.5) is 0 Å². The molecule has 1 heterocycles. The molecule has 0 aromatic rings. The van der Waals surface area contributed by atoms with Crippen molar-refractivity contribution in [1.29, 1.82) is 0 Å². The van der Waals surface area contributed by atoms with Crippen LogP contribution in [0.1, 0.15) is 33.6 Å². The summed E-state index contributed by atoms with van der Waals surface area (Å²) in [6, 6.07) is -0.316. The molecule has 1 fully saturated rings. The lowest BCUT2D eigenvalue weighted by Gasteiger charge is -2.32. The Kier molecular flexibility index (Phi) is 5.59. The van der Waals surface area contributed by atoms with Crippen molar-refractivity contribution in [3.8, 4) is 0 Å². The van der Waals surface area contributed by atoms with Crippen LogP contribution in [0.3, 0.4) is 0 Å². The fourth-order valence-electron chi connectivity index (χ4n) is 2.22. The van der Waals surface area contributed by atoms with E-state index in [1.807, 2.05) is 20.8 Å². The number of aliphatic carboxylic acids is 1. The van der Waals surface area contributed by atoms with Gasteiger partial charge >= 0.3 is 5.97 Å². The van der Waals surface area contributed by atoms with Gasteiger partial charge in [0.2, 0.25) is 5.91 Å². The van der Waals surface area contributed by atoms with E-state index in [0.717, 1.165) is 12.8 Å². The Morgan fingerprint density at radius 3 is 2.56 bits per heavy atom. The number of rotatable bonds is 6. The number of amides is 1. The van der Waals surface area contributed by atoms with Gasteiger partial charge in [0.05, 0.1) is 19.3 Å². The zero-order valence-corrected chi connectivity index (χ0v) is 11.4. The summed E-state index contributed by atoms with van der Waals surface area (Å²) in [5, 5.41) is 9.16. The molecule has 1 aliphatic rings. The van der Waals surface area contributed by atoms with Crippen molar-refractivity contribution in [2.45, 2.75) is 39.7 Å². The number of hydrogen-bond donors (Lipinski definition) is 1. The molecule has 0 aliphatic carbocycles. The number of carboxylic acid groups (broad SMARTS) is 1. The monoisotopic (exact) mass is 257 g/mol. The van der Waals surface area contributed by atoms with Crippen molar-refractivity contribution in [1.82, 2.24) is 4.90 Å². The fraction of sp³-hybridized carbons (Fsp3) is 0.846. The summed E-state index contributed by atoms with van der Waals surface area (Å²) in [5.74, 6) is -1.49. The molecule has 3 atom stereocenters. The standard InChI is InChI=1S/C13H23NO4/c1-4-6-14(12(15)9(3)5-2)11-8-18-7-10(11)13(16)17/h9-11H,4-8H2,1-3H3,(H,16,17). The van der Waals surface area contributed by atoms with Gasteiger partial charge in [0, 0.05) is 12.5 Å². The summed E-state index contributed by atoms with van der Waals surface area (Å²) in [4.78, 5) is 25.2. The van der Waals surface area contributed by atoms with Crippen LogP contribution < -0.4 is 0 Å². The average molecular weight is 257 g/mol. The van der Waals surface area contributed by atoms with Gasteiger partial charge in [-0.25, -0.2) is 0 Å². The van der Waals surface area contributed by atoms with Crippen LogP contribution in [0.2, 0.25) is 0 Å². The molecule has 18 heavy (non-hydrogen) atoms. The van der Waals surface area contributed by atoms with E-state index in [0.29, 0.717) is 13.2 Å². The summed E-state index contributed by atoms with van der Waals surface area (Å²) in [7, 11) is 0. The first-order chi connectivity index (χ1) is 8.52. The number of carbonyl (C=O) groups excluding carboxylic acids is 1. The molecule has 1 N–H and O–H groups in total. The quantitative estimate of drug-likeness (QED) is 0.780. The number of ether oxygens (including phenoxy) is 1. The SMILES string of the molecule is CCCN(C(=O)C(C)CC)C1COCC1C(=O)O. The van der Waals surface area contributed by atoms with E-state index in [9.17, 15) is 9.59 Å². The molecule has 1 rings (SSSR count). The summed E-state index contributed by atoms with van der Waals surface area (Å²) >= 11 is 0. The topological polar surface area (TPSA) is 66.8 Å². The van der Waals surface area contributed by atoms with Gasteiger partial charge in [-0.15, -0.1) is 0 Å². The smallest absolute Gasteiger partial charge is 0.311 e.